The third-order valence-corrected chi connectivity index (χ3v) is 3.34. The van der Waals surface area contributed by atoms with Crippen molar-refractivity contribution in [2.24, 2.45) is 5.92 Å². The summed E-state index contributed by atoms with van der Waals surface area (Å²) >= 11 is 0. The molecule has 0 saturated carbocycles. The summed E-state index contributed by atoms with van der Waals surface area (Å²) in [5.74, 6) is 0.517. The molecule has 1 atom stereocenters. The molecule has 0 aliphatic carbocycles. The lowest BCUT2D eigenvalue weighted by molar-refractivity contribution is -0.144. The Morgan fingerprint density at radius 1 is 1.64 bits per heavy atom. The number of nitrogens with one attached hydrogen (secondary N) is 1. The summed E-state index contributed by atoms with van der Waals surface area (Å²) in [6, 6.07) is 0. The number of carbonyl (C=O) groups is 1. The summed E-state index contributed by atoms with van der Waals surface area (Å²) < 4.78 is 0. The number of aliphatic hydroxyl groups excluding tert-OH is 1. The van der Waals surface area contributed by atoms with E-state index in [0.717, 1.165) is 32.5 Å². The molecule has 0 aromatic heterocycles. The van der Waals surface area contributed by atoms with Crippen LogP contribution in [0.4, 0.5) is 0 Å². The molecule has 0 radical (unpaired) electrons. The van der Waals surface area contributed by atoms with Crippen molar-refractivity contribution in [2.45, 2.75) is 25.3 Å². The van der Waals surface area contributed by atoms with Crippen LogP contribution in [0, 0.1) is 5.92 Å². The van der Waals surface area contributed by atoms with Crippen molar-refractivity contribution in [3.05, 3.63) is 0 Å². The molecule has 14 heavy (non-hydrogen) atoms. The van der Waals surface area contributed by atoms with Crippen molar-refractivity contribution in [1.29, 1.82) is 0 Å². The third kappa shape index (κ3) is 1.53. The molecule has 4 nitrogen and oxygen atoms in total. The molecule has 1 amide bonds. The first-order valence-electron chi connectivity index (χ1n) is 5.31. The Labute approximate surface area is 84.3 Å². The Kier molecular flexibility index (Phi) is 2.49. The maximum Gasteiger partial charge on any atom is 0.242 e. The van der Waals surface area contributed by atoms with E-state index in [-0.39, 0.29) is 18.1 Å². The number of aliphatic hydroxyl groups is 1. The van der Waals surface area contributed by atoms with Gasteiger partial charge in [0, 0.05) is 25.6 Å². The van der Waals surface area contributed by atoms with Crippen LogP contribution in [0.15, 0.2) is 0 Å². The van der Waals surface area contributed by atoms with E-state index in [1.54, 1.807) is 0 Å². The lowest BCUT2D eigenvalue weighted by Gasteiger charge is -2.42. The zero-order valence-corrected chi connectivity index (χ0v) is 8.62. The van der Waals surface area contributed by atoms with Gasteiger partial charge in [0.1, 0.15) is 0 Å². The van der Waals surface area contributed by atoms with Gasteiger partial charge in [-0.25, -0.2) is 0 Å². The minimum absolute atomic E-state index is 0.202. The van der Waals surface area contributed by atoms with Crippen molar-refractivity contribution in [2.75, 3.05) is 26.2 Å². The van der Waals surface area contributed by atoms with Crippen molar-refractivity contribution in [1.82, 2.24) is 10.2 Å². The van der Waals surface area contributed by atoms with E-state index in [1.165, 1.54) is 0 Å². The number of hydrogen-bond donors (Lipinski definition) is 2. The molecular formula is C10H18N2O2. The maximum atomic E-state index is 12.0. The number of amides is 1. The largest absolute Gasteiger partial charge is 0.396 e. The molecule has 4 heteroatoms. The van der Waals surface area contributed by atoms with Gasteiger partial charge < -0.3 is 15.3 Å². The van der Waals surface area contributed by atoms with Gasteiger partial charge in [0.15, 0.2) is 0 Å². The van der Waals surface area contributed by atoms with Gasteiger partial charge in [-0.3, -0.25) is 4.79 Å². The second-order valence-corrected chi connectivity index (χ2v) is 4.62. The van der Waals surface area contributed by atoms with Gasteiger partial charge in [0.05, 0.1) is 5.54 Å². The summed E-state index contributed by atoms with van der Waals surface area (Å²) in [6.45, 7) is 4.58. The summed E-state index contributed by atoms with van der Waals surface area (Å²) in [5, 5.41) is 12.1. The summed E-state index contributed by atoms with van der Waals surface area (Å²) in [6.07, 6.45) is 2.02. The summed E-state index contributed by atoms with van der Waals surface area (Å²) in [5.41, 5.74) is -0.333. The van der Waals surface area contributed by atoms with Crippen molar-refractivity contribution >= 4 is 5.91 Å². The number of likely N-dealkylation sites (tertiary alicyclic amines) is 1. The Morgan fingerprint density at radius 2 is 2.36 bits per heavy atom. The molecule has 0 bridgehead atoms. The molecule has 2 aliphatic heterocycles. The minimum atomic E-state index is -0.333. The zero-order chi connectivity index (χ0) is 10.2. The highest BCUT2D eigenvalue weighted by Gasteiger charge is 2.42. The van der Waals surface area contributed by atoms with Crippen LogP contribution in [0.5, 0.6) is 0 Å². The van der Waals surface area contributed by atoms with Crippen molar-refractivity contribution in [3.8, 4) is 0 Å². The lowest BCUT2D eigenvalue weighted by Crippen LogP contribution is -2.60. The van der Waals surface area contributed by atoms with Crippen molar-refractivity contribution in [3.63, 3.8) is 0 Å². The standard InChI is InChI=1S/C10H18N2O2/c1-10(3-2-4-11-10)9(14)12-5-8(6-12)7-13/h8,11,13H,2-7H2,1H3. The molecule has 2 rings (SSSR count). The van der Waals surface area contributed by atoms with Crippen LogP contribution in [-0.4, -0.2) is 47.7 Å². The topological polar surface area (TPSA) is 52.6 Å². The first-order chi connectivity index (χ1) is 6.65. The van der Waals surface area contributed by atoms with E-state index >= 15 is 0 Å². The van der Waals surface area contributed by atoms with E-state index in [4.69, 9.17) is 5.11 Å². The third-order valence-electron chi connectivity index (χ3n) is 3.34. The first kappa shape index (κ1) is 9.93. The highest BCUT2D eigenvalue weighted by atomic mass is 16.3. The van der Waals surface area contributed by atoms with E-state index in [9.17, 15) is 4.79 Å². The van der Waals surface area contributed by atoms with E-state index in [0.29, 0.717) is 5.92 Å². The fraction of sp³-hybridized carbons (Fsp3) is 0.900. The number of nitrogens with zero attached hydrogens (tertiary/aromatic N) is 1. The van der Waals surface area contributed by atoms with Crippen LogP contribution >= 0.6 is 0 Å². The zero-order valence-electron chi connectivity index (χ0n) is 8.62. The molecule has 2 N–H and O–H groups in total. The van der Waals surface area contributed by atoms with Gasteiger partial charge in [-0.05, 0) is 26.3 Å². The van der Waals surface area contributed by atoms with Crippen LogP contribution in [0.1, 0.15) is 19.8 Å². The molecule has 0 aromatic carbocycles. The van der Waals surface area contributed by atoms with Gasteiger partial charge in [0.25, 0.3) is 0 Å². The molecule has 1 unspecified atom stereocenters. The Morgan fingerprint density at radius 3 is 2.86 bits per heavy atom. The Balaban J connectivity index is 1.90. The number of carbonyl (C=O) groups excluding carboxylic acids is 1. The fourth-order valence-corrected chi connectivity index (χ4v) is 2.28. The number of rotatable bonds is 2. The average molecular weight is 198 g/mol. The van der Waals surface area contributed by atoms with Gasteiger partial charge >= 0.3 is 0 Å². The van der Waals surface area contributed by atoms with E-state index in [1.807, 2.05) is 11.8 Å². The Bertz CT molecular complexity index is 230. The van der Waals surface area contributed by atoms with Crippen LogP contribution in [0.25, 0.3) is 0 Å². The molecular weight excluding hydrogens is 180 g/mol. The highest BCUT2D eigenvalue weighted by Crippen LogP contribution is 2.25. The van der Waals surface area contributed by atoms with Crippen molar-refractivity contribution < 1.29 is 9.90 Å². The van der Waals surface area contributed by atoms with Crippen LogP contribution in [0.3, 0.4) is 0 Å². The molecule has 2 saturated heterocycles. The molecule has 2 aliphatic rings. The minimum Gasteiger partial charge on any atom is -0.396 e. The fourth-order valence-electron chi connectivity index (χ4n) is 2.28. The summed E-state index contributed by atoms with van der Waals surface area (Å²) in [4.78, 5) is 13.8. The quantitative estimate of drug-likeness (QED) is 0.633. The predicted molar refractivity (Wildman–Crippen MR) is 52.8 cm³/mol. The van der Waals surface area contributed by atoms with Crippen LogP contribution in [0.2, 0.25) is 0 Å². The SMILES string of the molecule is CC1(C(=O)N2CC(CO)C2)CCCN1. The Hall–Kier alpha value is -0.610. The van der Waals surface area contributed by atoms with Gasteiger partial charge in [-0.2, -0.15) is 0 Å². The van der Waals surface area contributed by atoms with Gasteiger partial charge in [-0.1, -0.05) is 0 Å². The molecule has 80 valence electrons. The van der Waals surface area contributed by atoms with Crippen LogP contribution in [-0.2, 0) is 4.79 Å². The normalized spacial score (nSPS) is 33.1. The predicted octanol–water partition coefficient (Wildman–Crippen LogP) is -0.421. The lowest BCUT2D eigenvalue weighted by atomic mass is 9.93. The van der Waals surface area contributed by atoms with Crippen LogP contribution < -0.4 is 5.32 Å². The van der Waals surface area contributed by atoms with Gasteiger partial charge in [0.2, 0.25) is 5.91 Å². The maximum absolute atomic E-state index is 12.0. The van der Waals surface area contributed by atoms with E-state index < -0.39 is 0 Å². The monoisotopic (exact) mass is 198 g/mol. The first-order valence-corrected chi connectivity index (χ1v) is 5.31. The number of hydrogen-bond acceptors (Lipinski definition) is 3. The molecule has 0 spiro atoms. The molecule has 2 heterocycles. The second-order valence-electron chi connectivity index (χ2n) is 4.62. The highest BCUT2D eigenvalue weighted by molar-refractivity contribution is 5.87. The van der Waals surface area contributed by atoms with Gasteiger partial charge in [-0.15, -0.1) is 0 Å². The molecule has 0 aromatic rings. The average Bonchev–Trinajstić information content (AvgIpc) is 2.51. The smallest absolute Gasteiger partial charge is 0.242 e. The molecule has 2 fully saturated rings. The summed E-state index contributed by atoms with van der Waals surface area (Å²) in [7, 11) is 0. The second kappa shape index (κ2) is 3.51. The van der Waals surface area contributed by atoms with E-state index in [2.05, 4.69) is 5.32 Å².